The van der Waals surface area contributed by atoms with Crippen molar-refractivity contribution >= 4 is 5.97 Å². The Morgan fingerprint density at radius 2 is 2.04 bits per heavy atom. The molecular weight excluding hydrogens is 324 g/mol. The second-order valence-electron chi connectivity index (χ2n) is 6.97. The van der Waals surface area contributed by atoms with Crippen LogP contribution in [0, 0.1) is 5.92 Å². The quantitative estimate of drug-likeness (QED) is 0.561. The van der Waals surface area contributed by atoms with Crippen LogP contribution >= 0.6 is 0 Å². The van der Waals surface area contributed by atoms with E-state index in [4.69, 9.17) is 5.11 Å². The van der Waals surface area contributed by atoms with E-state index in [-0.39, 0.29) is 0 Å². The van der Waals surface area contributed by atoms with Crippen molar-refractivity contribution in [3.05, 3.63) is 77.5 Å². The summed E-state index contributed by atoms with van der Waals surface area (Å²) in [5, 5.41) is 8.71. The van der Waals surface area contributed by atoms with Gasteiger partial charge in [-0.05, 0) is 56.3 Å². The summed E-state index contributed by atoms with van der Waals surface area (Å²) in [6.45, 7) is 8.33. The smallest absolute Gasteiger partial charge is 0.328 e. The molecule has 4 nitrogen and oxygen atoms in total. The van der Waals surface area contributed by atoms with E-state index in [1.807, 2.05) is 37.8 Å². The summed E-state index contributed by atoms with van der Waals surface area (Å²) in [4.78, 5) is 14.8. The molecule has 0 saturated heterocycles. The van der Waals surface area contributed by atoms with Crippen molar-refractivity contribution < 1.29 is 9.90 Å². The van der Waals surface area contributed by atoms with Crippen molar-refractivity contribution in [1.29, 1.82) is 0 Å². The molecule has 2 unspecified atom stereocenters. The molecule has 0 amide bonds. The summed E-state index contributed by atoms with van der Waals surface area (Å²) in [6, 6.07) is 0.390. The highest BCUT2D eigenvalue weighted by Gasteiger charge is 2.24. The van der Waals surface area contributed by atoms with Gasteiger partial charge in [0.15, 0.2) is 0 Å². The lowest BCUT2D eigenvalue weighted by Gasteiger charge is -2.30. The first-order chi connectivity index (χ1) is 12.4. The van der Waals surface area contributed by atoms with Crippen molar-refractivity contribution in [2.24, 2.45) is 5.92 Å². The highest BCUT2D eigenvalue weighted by atomic mass is 16.4. The standard InChI is InChI=1S/C22H28N2O2/c1-16(6-5-7-17(2)14-22(25)26)8-10-20-18(3)9-11-21(19(20)4)24-13-12-23-15-24/h5-8,10,12-15,18,21H,9,11H2,1-4H3,(H,25,26)/b7-5+,10-8+,16-6+,17-14-. The summed E-state index contributed by atoms with van der Waals surface area (Å²) in [7, 11) is 0. The van der Waals surface area contributed by atoms with Crippen LogP contribution in [0.5, 0.6) is 0 Å². The molecule has 0 aliphatic heterocycles. The van der Waals surface area contributed by atoms with Gasteiger partial charge in [0, 0.05) is 18.5 Å². The zero-order valence-electron chi connectivity index (χ0n) is 16.0. The lowest BCUT2D eigenvalue weighted by atomic mass is 9.81. The van der Waals surface area contributed by atoms with Crippen molar-refractivity contribution in [2.75, 3.05) is 0 Å². The Morgan fingerprint density at radius 3 is 2.69 bits per heavy atom. The normalized spacial score (nSPS) is 22.6. The lowest BCUT2D eigenvalue weighted by molar-refractivity contribution is -0.131. The van der Waals surface area contributed by atoms with E-state index in [1.165, 1.54) is 23.6 Å². The van der Waals surface area contributed by atoms with Crippen LogP contribution in [0.15, 0.2) is 77.5 Å². The van der Waals surface area contributed by atoms with Crippen molar-refractivity contribution in [2.45, 2.75) is 46.6 Å². The molecule has 0 fully saturated rings. The maximum absolute atomic E-state index is 10.6. The number of rotatable bonds is 6. The molecule has 1 aliphatic rings. The minimum atomic E-state index is -0.922. The summed E-state index contributed by atoms with van der Waals surface area (Å²) in [6.07, 6.45) is 19.3. The van der Waals surface area contributed by atoms with Crippen LogP contribution < -0.4 is 0 Å². The zero-order chi connectivity index (χ0) is 19.1. The first-order valence-electron chi connectivity index (χ1n) is 9.01. The Balaban J connectivity index is 2.13. The van der Waals surface area contributed by atoms with Gasteiger partial charge in [-0.2, -0.15) is 0 Å². The number of allylic oxidation sites excluding steroid dienone is 9. The fourth-order valence-electron chi connectivity index (χ4n) is 3.35. The number of carboxylic acid groups (broad SMARTS) is 1. The Labute approximate surface area is 156 Å². The van der Waals surface area contributed by atoms with Crippen molar-refractivity contribution in [3.8, 4) is 0 Å². The van der Waals surface area contributed by atoms with Gasteiger partial charge in [0.2, 0.25) is 0 Å². The van der Waals surface area contributed by atoms with Crippen LogP contribution in [-0.2, 0) is 4.79 Å². The van der Waals surface area contributed by atoms with E-state index in [0.717, 1.165) is 12.0 Å². The molecule has 138 valence electrons. The highest BCUT2D eigenvalue weighted by Crippen LogP contribution is 2.37. The van der Waals surface area contributed by atoms with Gasteiger partial charge in [-0.3, -0.25) is 0 Å². The molecule has 2 rings (SSSR count). The first kappa shape index (κ1) is 19.7. The molecule has 1 aromatic rings. The SMILES string of the molecule is CC1=C(/C=C/C(C)=C/C=C/C(C)=C\C(=O)O)C(C)CCC1n1ccnc1. The van der Waals surface area contributed by atoms with Crippen LogP contribution in [0.4, 0.5) is 0 Å². The number of carboxylic acids is 1. The highest BCUT2D eigenvalue weighted by molar-refractivity contribution is 5.81. The monoisotopic (exact) mass is 352 g/mol. The van der Waals surface area contributed by atoms with Crippen LogP contribution in [-0.4, -0.2) is 20.6 Å². The molecule has 0 bridgehead atoms. The van der Waals surface area contributed by atoms with Gasteiger partial charge in [0.25, 0.3) is 0 Å². The fraction of sp³-hybridized carbons (Fsp3) is 0.364. The molecule has 2 atom stereocenters. The predicted molar refractivity (Wildman–Crippen MR) is 106 cm³/mol. The summed E-state index contributed by atoms with van der Waals surface area (Å²) in [5.74, 6) is -0.371. The van der Waals surface area contributed by atoms with Crippen molar-refractivity contribution in [1.82, 2.24) is 9.55 Å². The van der Waals surface area contributed by atoms with Gasteiger partial charge in [-0.15, -0.1) is 0 Å². The van der Waals surface area contributed by atoms with Crippen LogP contribution in [0.25, 0.3) is 0 Å². The van der Waals surface area contributed by atoms with E-state index < -0.39 is 5.97 Å². The fourth-order valence-corrected chi connectivity index (χ4v) is 3.35. The van der Waals surface area contributed by atoms with Crippen LogP contribution in [0.3, 0.4) is 0 Å². The second-order valence-corrected chi connectivity index (χ2v) is 6.97. The molecule has 1 aliphatic carbocycles. The maximum Gasteiger partial charge on any atom is 0.328 e. The van der Waals surface area contributed by atoms with E-state index in [1.54, 1.807) is 13.0 Å². The maximum atomic E-state index is 10.6. The Hall–Kier alpha value is -2.62. The number of imidazole rings is 1. The largest absolute Gasteiger partial charge is 0.478 e. The molecule has 0 aromatic carbocycles. The van der Waals surface area contributed by atoms with Gasteiger partial charge in [-0.25, -0.2) is 9.78 Å². The number of hydrogen-bond donors (Lipinski definition) is 1. The third kappa shape index (κ3) is 5.45. The molecule has 0 spiro atoms. The summed E-state index contributed by atoms with van der Waals surface area (Å²) in [5.41, 5.74) is 4.64. The Morgan fingerprint density at radius 1 is 1.27 bits per heavy atom. The lowest BCUT2D eigenvalue weighted by Crippen LogP contribution is -2.18. The average Bonchev–Trinajstić information content (AvgIpc) is 3.08. The predicted octanol–water partition coefficient (Wildman–Crippen LogP) is 5.26. The number of aromatic nitrogens is 2. The molecule has 1 N–H and O–H groups in total. The van der Waals surface area contributed by atoms with Crippen LogP contribution in [0.1, 0.15) is 46.6 Å². The third-order valence-electron chi connectivity index (χ3n) is 4.84. The number of nitrogens with zero attached hydrogens (tertiary/aromatic N) is 2. The number of aliphatic carboxylic acids is 1. The Bertz CT molecular complexity index is 777. The summed E-state index contributed by atoms with van der Waals surface area (Å²) >= 11 is 0. The van der Waals surface area contributed by atoms with E-state index in [0.29, 0.717) is 17.5 Å². The molecule has 4 heteroatoms. The van der Waals surface area contributed by atoms with Gasteiger partial charge in [0.05, 0.1) is 12.4 Å². The topological polar surface area (TPSA) is 55.1 Å². The molecule has 0 radical (unpaired) electrons. The van der Waals surface area contributed by atoms with Gasteiger partial charge >= 0.3 is 5.97 Å². The summed E-state index contributed by atoms with van der Waals surface area (Å²) < 4.78 is 2.19. The number of hydrogen-bond acceptors (Lipinski definition) is 2. The molecular formula is C22H28N2O2. The first-order valence-corrected chi connectivity index (χ1v) is 9.01. The molecule has 1 heterocycles. The molecule has 26 heavy (non-hydrogen) atoms. The molecule has 0 saturated carbocycles. The van der Waals surface area contributed by atoms with Gasteiger partial charge < -0.3 is 9.67 Å². The second kappa shape index (κ2) is 9.18. The minimum Gasteiger partial charge on any atom is -0.478 e. The zero-order valence-corrected chi connectivity index (χ0v) is 16.0. The average molecular weight is 352 g/mol. The minimum absolute atomic E-state index is 0.390. The van der Waals surface area contributed by atoms with Crippen LogP contribution in [0.2, 0.25) is 0 Å². The number of carbonyl (C=O) groups is 1. The van der Waals surface area contributed by atoms with E-state index in [9.17, 15) is 4.79 Å². The van der Waals surface area contributed by atoms with Gasteiger partial charge in [-0.1, -0.05) is 42.9 Å². The third-order valence-corrected chi connectivity index (χ3v) is 4.84. The van der Waals surface area contributed by atoms with Gasteiger partial charge in [0.1, 0.15) is 0 Å². The van der Waals surface area contributed by atoms with E-state index >= 15 is 0 Å². The van der Waals surface area contributed by atoms with Crippen molar-refractivity contribution in [3.63, 3.8) is 0 Å². The Kier molecular flexibility index (Phi) is 6.96. The van der Waals surface area contributed by atoms with E-state index in [2.05, 4.69) is 35.6 Å². The molecule has 1 aromatic heterocycles.